The van der Waals surface area contributed by atoms with Crippen LogP contribution >= 0.6 is 0 Å². The highest BCUT2D eigenvalue weighted by molar-refractivity contribution is 6.13. The van der Waals surface area contributed by atoms with Gasteiger partial charge in [0.2, 0.25) is 0 Å². The van der Waals surface area contributed by atoms with Gasteiger partial charge in [0.15, 0.2) is 0 Å². The summed E-state index contributed by atoms with van der Waals surface area (Å²) < 4.78 is 0. The van der Waals surface area contributed by atoms with E-state index in [1.54, 1.807) is 0 Å². The lowest BCUT2D eigenvalue weighted by atomic mass is 10.1. The van der Waals surface area contributed by atoms with Crippen LogP contribution in [0.2, 0.25) is 0 Å². The molecule has 1 unspecified atom stereocenters. The fourth-order valence-electron chi connectivity index (χ4n) is 2.60. The largest absolute Gasteiger partial charge is 0.353 e. The molecule has 4 heteroatoms. The van der Waals surface area contributed by atoms with Crippen LogP contribution in [0.1, 0.15) is 17.3 Å². The zero-order chi connectivity index (χ0) is 15.7. The van der Waals surface area contributed by atoms with E-state index in [-0.39, 0.29) is 11.9 Å². The van der Waals surface area contributed by atoms with Crippen molar-refractivity contribution in [1.29, 1.82) is 0 Å². The molecule has 1 heterocycles. The average Bonchev–Trinajstić information content (AvgIpc) is 2.63. The fourth-order valence-corrected chi connectivity index (χ4v) is 2.60. The van der Waals surface area contributed by atoms with Crippen molar-refractivity contribution in [2.75, 3.05) is 30.9 Å². The van der Waals surface area contributed by atoms with Gasteiger partial charge in [0, 0.05) is 12.6 Å². The van der Waals surface area contributed by atoms with Crippen molar-refractivity contribution < 1.29 is 4.79 Å². The van der Waals surface area contributed by atoms with E-state index in [9.17, 15) is 4.79 Å². The quantitative estimate of drug-likeness (QED) is 0.943. The Kier molecular flexibility index (Phi) is 3.86. The molecule has 2 aromatic rings. The molecule has 1 N–H and O–H groups in total. The van der Waals surface area contributed by atoms with Crippen molar-refractivity contribution in [2.24, 2.45) is 0 Å². The van der Waals surface area contributed by atoms with E-state index in [1.807, 2.05) is 67.5 Å². The van der Waals surface area contributed by atoms with Gasteiger partial charge in [0.05, 0.1) is 22.6 Å². The minimum Gasteiger partial charge on any atom is -0.353 e. The number of anilines is 3. The highest BCUT2D eigenvalue weighted by Crippen LogP contribution is 2.35. The Hall–Kier alpha value is -2.33. The fraction of sp³-hybridized carbons (Fsp3) is 0.278. The van der Waals surface area contributed by atoms with Gasteiger partial charge >= 0.3 is 0 Å². The molecular weight excluding hydrogens is 274 g/mol. The zero-order valence-corrected chi connectivity index (χ0v) is 13.2. The molecule has 0 saturated carbocycles. The first-order chi connectivity index (χ1) is 10.6. The number of nitrogens with one attached hydrogen (secondary N) is 1. The van der Waals surface area contributed by atoms with Crippen LogP contribution in [-0.2, 0) is 0 Å². The molecular formula is C18H21N3O. The van der Waals surface area contributed by atoms with Gasteiger partial charge in [-0.15, -0.1) is 0 Å². The van der Waals surface area contributed by atoms with Gasteiger partial charge in [0.1, 0.15) is 0 Å². The first-order valence-electron chi connectivity index (χ1n) is 7.51. The second-order valence-corrected chi connectivity index (χ2v) is 5.92. The summed E-state index contributed by atoms with van der Waals surface area (Å²) in [5, 5.41) is 3.39. The SMILES string of the molecule is CC(CN1C(=O)c2ccccc2Nc2ccccc21)N(C)C. The Morgan fingerprint density at radius 3 is 2.41 bits per heavy atom. The average molecular weight is 295 g/mol. The summed E-state index contributed by atoms with van der Waals surface area (Å²) in [4.78, 5) is 17.0. The van der Waals surface area contributed by atoms with Gasteiger partial charge in [-0.3, -0.25) is 4.79 Å². The first-order valence-corrected chi connectivity index (χ1v) is 7.51. The molecule has 2 aromatic carbocycles. The molecule has 0 saturated heterocycles. The summed E-state index contributed by atoms with van der Waals surface area (Å²) >= 11 is 0. The lowest BCUT2D eigenvalue weighted by molar-refractivity contribution is 0.0982. The highest BCUT2D eigenvalue weighted by Gasteiger charge is 2.27. The van der Waals surface area contributed by atoms with Crippen LogP contribution in [-0.4, -0.2) is 37.5 Å². The highest BCUT2D eigenvalue weighted by atomic mass is 16.2. The second-order valence-electron chi connectivity index (χ2n) is 5.92. The molecule has 0 fully saturated rings. The Bertz CT molecular complexity index is 696. The number of fused-ring (bicyclic) bond motifs is 2. The lowest BCUT2D eigenvalue weighted by Gasteiger charge is -2.29. The number of para-hydroxylation sites is 3. The Balaban J connectivity index is 2.09. The summed E-state index contributed by atoms with van der Waals surface area (Å²) in [6, 6.07) is 15.9. The zero-order valence-electron chi connectivity index (χ0n) is 13.2. The van der Waals surface area contributed by atoms with Crippen molar-refractivity contribution in [3.8, 4) is 0 Å². The minimum atomic E-state index is 0.0433. The maximum absolute atomic E-state index is 13.0. The second kappa shape index (κ2) is 5.81. The molecule has 0 aliphatic carbocycles. The molecule has 1 aliphatic rings. The van der Waals surface area contributed by atoms with E-state index >= 15 is 0 Å². The number of nitrogens with zero attached hydrogens (tertiary/aromatic N) is 2. The van der Waals surface area contributed by atoms with Gasteiger partial charge in [-0.1, -0.05) is 24.3 Å². The van der Waals surface area contributed by atoms with E-state index in [2.05, 4.69) is 17.1 Å². The Labute approximate surface area is 131 Å². The number of amides is 1. The smallest absolute Gasteiger partial charge is 0.260 e. The van der Waals surface area contributed by atoms with Gasteiger partial charge in [-0.2, -0.15) is 0 Å². The predicted molar refractivity (Wildman–Crippen MR) is 91.0 cm³/mol. The topological polar surface area (TPSA) is 35.6 Å². The number of carbonyl (C=O) groups excluding carboxylic acids is 1. The van der Waals surface area contributed by atoms with E-state index in [0.717, 1.165) is 17.1 Å². The molecule has 0 bridgehead atoms. The molecule has 0 radical (unpaired) electrons. The molecule has 4 nitrogen and oxygen atoms in total. The van der Waals surface area contributed by atoms with Crippen molar-refractivity contribution >= 4 is 23.0 Å². The summed E-state index contributed by atoms with van der Waals surface area (Å²) in [5.74, 6) is 0.0433. The molecule has 0 spiro atoms. The van der Waals surface area contributed by atoms with Crippen LogP contribution in [0.25, 0.3) is 0 Å². The monoisotopic (exact) mass is 295 g/mol. The minimum absolute atomic E-state index is 0.0433. The van der Waals surface area contributed by atoms with Crippen LogP contribution in [0.3, 0.4) is 0 Å². The van der Waals surface area contributed by atoms with E-state index in [4.69, 9.17) is 0 Å². The Morgan fingerprint density at radius 1 is 1.05 bits per heavy atom. The van der Waals surface area contributed by atoms with E-state index in [0.29, 0.717) is 12.1 Å². The molecule has 114 valence electrons. The summed E-state index contributed by atoms with van der Waals surface area (Å²) in [5.41, 5.74) is 3.47. The summed E-state index contributed by atoms with van der Waals surface area (Å²) in [6.07, 6.45) is 0. The van der Waals surface area contributed by atoms with Crippen molar-refractivity contribution in [3.05, 3.63) is 54.1 Å². The van der Waals surface area contributed by atoms with Gasteiger partial charge < -0.3 is 15.1 Å². The normalized spacial score (nSPS) is 14.9. The lowest BCUT2D eigenvalue weighted by Crippen LogP contribution is -2.41. The third kappa shape index (κ3) is 2.57. The molecule has 1 amide bonds. The third-order valence-electron chi connectivity index (χ3n) is 4.20. The van der Waals surface area contributed by atoms with Crippen molar-refractivity contribution in [2.45, 2.75) is 13.0 Å². The molecule has 3 rings (SSSR count). The number of benzene rings is 2. The van der Waals surface area contributed by atoms with Gasteiger partial charge in [0.25, 0.3) is 5.91 Å². The van der Waals surface area contributed by atoms with Crippen LogP contribution < -0.4 is 10.2 Å². The predicted octanol–water partition coefficient (Wildman–Crippen LogP) is 3.34. The molecule has 1 aliphatic heterocycles. The summed E-state index contributed by atoms with van der Waals surface area (Å²) in [7, 11) is 4.07. The van der Waals surface area contributed by atoms with E-state index in [1.165, 1.54) is 0 Å². The number of hydrogen-bond acceptors (Lipinski definition) is 3. The number of hydrogen-bond donors (Lipinski definition) is 1. The van der Waals surface area contributed by atoms with Crippen molar-refractivity contribution in [3.63, 3.8) is 0 Å². The van der Waals surface area contributed by atoms with Crippen LogP contribution in [0.15, 0.2) is 48.5 Å². The molecule has 0 aromatic heterocycles. The maximum Gasteiger partial charge on any atom is 0.260 e. The number of rotatable bonds is 3. The van der Waals surface area contributed by atoms with Crippen molar-refractivity contribution in [1.82, 2.24) is 4.90 Å². The third-order valence-corrected chi connectivity index (χ3v) is 4.20. The number of carbonyl (C=O) groups is 1. The Morgan fingerprint density at radius 2 is 1.68 bits per heavy atom. The van der Waals surface area contributed by atoms with Gasteiger partial charge in [-0.25, -0.2) is 0 Å². The van der Waals surface area contributed by atoms with Crippen LogP contribution in [0, 0.1) is 0 Å². The number of likely N-dealkylation sites (N-methyl/N-ethyl adjacent to an activating group) is 1. The standard InChI is InChI=1S/C18H21N3O/c1-13(20(2)3)12-21-17-11-7-6-10-16(17)19-15-9-5-4-8-14(15)18(21)22/h4-11,13,19H,12H2,1-3H3. The molecule has 1 atom stereocenters. The maximum atomic E-state index is 13.0. The van der Waals surface area contributed by atoms with Crippen LogP contribution in [0.5, 0.6) is 0 Å². The summed E-state index contributed by atoms with van der Waals surface area (Å²) in [6.45, 7) is 2.78. The first kappa shape index (κ1) is 14.6. The molecule has 22 heavy (non-hydrogen) atoms. The van der Waals surface area contributed by atoms with E-state index < -0.39 is 0 Å². The van der Waals surface area contributed by atoms with Crippen LogP contribution in [0.4, 0.5) is 17.1 Å². The van der Waals surface area contributed by atoms with Gasteiger partial charge in [-0.05, 0) is 45.3 Å².